The third-order valence-electron chi connectivity index (χ3n) is 3.31. The summed E-state index contributed by atoms with van der Waals surface area (Å²) in [5.41, 5.74) is 3.73. The second kappa shape index (κ2) is 4.94. The van der Waals surface area contributed by atoms with E-state index in [2.05, 4.69) is 53.9 Å². The van der Waals surface area contributed by atoms with Crippen molar-refractivity contribution in [1.82, 2.24) is 15.1 Å². The van der Waals surface area contributed by atoms with Crippen LogP contribution in [0.5, 0.6) is 0 Å². The van der Waals surface area contributed by atoms with E-state index in [0.717, 1.165) is 24.8 Å². The molecule has 0 radical (unpaired) electrons. The van der Waals surface area contributed by atoms with Crippen LogP contribution in [0.3, 0.4) is 0 Å². The Morgan fingerprint density at radius 1 is 1.22 bits per heavy atom. The van der Waals surface area contributed by atoms with Gasteiger partial charge in [-0.25, -0.2) is 0 Å². The second-order valence-corrected chi connectivity index (χ2v) is 5.15. The molecule has 1 aromatic heterocycles. The first-order chi connectivity index (χ1) is 8.79. The van der Waals surface area contributed by atoms with Crippen molar-refractivity contribution in [3.8, 4) is 0 Å². The van der Waals surface area contributed by atoms with E-state index in [1.807, 2.05) is 4.68 Å². The first kappa shape index (κ1) is 11.5. The van der Waals surface area contributed by atoms with Crippen LogP contribution < -0.4 is 5.32 Å². The van der Waals surface area contributed by atoms with Crippen molar-refractivity contribution >= 4 is 0 Å². The average molecular weight is 241 g/mol. The minimum Gasteiger partial charge on any atom is -0.308 e. The molecule has 0 amide bonds. The molecular weight excluding hydrogens is 222 g/mol. The van der Waals surface area contributed by atoms with Gasteiger partial charge < -0.3 is 5.32 Å². The van der Waals surface area contributed by atoms with E-state index in [1.54, 1.807) is 0 Å². The third kappa shape index (κ3) is 2.99. The molecule has 0 aliphatic heterocycles. The molecule has 0 atom stereocenters. The maximum Gasteiger partial charge on any atom is 0.0762 e. The predicted octanol–water partition coefficient (Wildman–Crippen LogP) is 2.49. The van der Waals surface area contributed by atoms with Crippen LogP contribution in [-0.2, 0) is 13.1 Å². The normalized spacial score (nSPS) is 14.9. The lowest BCUT2D eigenvalue weighted by atomic mass is 10.1. The molecule has 1 aliphatic carbocycles. The smallest absolute Gasteiger partial charge is 0.0762 e. The van der Waals surface area contributed by atoms with Crippen molar-refractivity contribution in [3.05, 3.63) is 53.3 Å². The Labute approximate surface area is 108 Å². The molecule has 3 rings (SSSR count). The van der Waals surface area contributed by atoms with Gasteiger partial charge in [0.1, 0.15) is 0 Å². The van der Waals surface area contributed by atoms with Gasteiger partial charge in [0.05, 0.1) is 12.2 Å². The van der Waals surface area contributed by atoms with E-state index in [0.29, 0.717) is 0 Å². The molecule has 1 heterocycles. The maximum absolute atomic E-state index is 4.58. The zero-order valence-corrected chi connectivity index (χ0v) is 10.8. The van der Waals surface area contributed by atoms with Crippen molar-refractivity contribution in [2.75, 3.05) is 0 Å². The molecule has 1 aliphatic rings. The maximum atomic E-state index is 4.58. The molecule has 3 nitrogen and oxygen atoms in total. The Hall–Kier alpha value is -1.61. The summed E-state index contributed by atoms with van der Waals surface area (Å²) in [5.74, 6) is 0. The van der Waals surface area contributed by atoms with Gasteiger partial charge in [0.15, 0.2) is 0 Å². The first-order valence-electron chi connectivity index (χ1n) is 6.61. The summed E-state index contributed by atoms with van der Waals surface area (Å²) in [6, 6.07) is 11.5. The summed E-state index contributed by atoms with van der Waals surface area (Å²) in [6.45, 7) is 3.86. The van der Waals surface area contributed by atoms with Crippen molar-refractivity contribution in [2.45, 2.75) is 38.9 Å². The number of nitrogens with zero attached hydrogens (tertiary/aromatic N) is 2. The highest BCUT2D eigenvalue weighted by atomic mass is 15.3. The van der Waals surface area contributed by atoms with Crippen LogP contribution in [0.15, 0.2) is 36.5 Å². The van der Waals surface area contributed by atoms with Crippen LogP contribution in [0.4, 0.5) is 0 Å². The van der Waals surface area contributed by atoms with Gasteiger partial charge >= 0.3 is 0 Å². The minimum absolute atomic E-state index is 0.743. The number of aromatic nitrogens is 2. The van der Waals surface area contributed by atoms with Crippen molar-refractivity contribution in [1.29, 1.82) is 0 Å². The Kier molecular flexibility index (Phi) is 3.15. The topological polar surface area (TPSA) is 29.9 Å². The average Bonchev–Trinajstić information content (AvgIpc) is 3.10. The third-order valence-corrected chi connectivity index (χ3v) is 3.31. The molecule has 0 spiro atoms. The largest absolute Gasteiger partial charge is 0.308 e. The number of benzene rings is 1. The van der Waals surface area contributed by atoms with Gasteiger partial charge in [-0.15, -0.1) is 0 Å². The van der Waals surface area contributed by atoms with Crippen LogP contribution >= 0.6 is 0 Å². The number of nitrogens with one attached hydrogen (secondary N) is 1. The van der Waals surface area contributed by atoms with Crippen LogP contribution in [-0.4, -0.2) is 15.8 Å². The SMILES string of the molecule is Cc1ccc(Cn2ccc(CNC3CC3)n2)cc1. The first-order valence-corrected chi connectivity index (χ1v) is 6.61. The highest BCUT2D eigenvalue weighted by molar-refractivity contribution is 5.21. The van der Waals surface area contributed by atoms with E-state index < -0.39 is 0 Å². The van der Waals surface area contributed by atoms with Gasteiger partial charge in [0.25, 0.3) is 0 Å². The van der Waals surface area contributed by atoms with Crippen molar-refractivity contribution in [2.24, 2.45) is 0 Å². The van der Waals surface area contributed by atoms with Crippen molar-refractivity contribution in [3.63, 3.8) is 0 Å². The number of hydrogen-bond acceptors (Lipinski definition) is 2. The summed E-state index contributed by atoms with van der Waals surface area (Å²) >= 11 is 0. The number of hydrogen-bond donors (Lipinski definition) is 1. The van der Waals surface area contributed by atoms with E-state index in [9.17, 15) is 0 Å². The Morgan fingerprint density at radius 2 is 2.00 bits per heavy atom. The van der Waals surface area contributed by atoms with Crippen molar-refractivity contribution < 1.29 is 0 Å². The quantitative estimate of drug-likeness (QED) is 0.871. The number of rotatable bonds is 5. The lowest BCUT2D eigenvalue weighted by molar-refractivity contribution is 0.631. The fourth-order valence-electron chi connectivity index (χ4n) is 2.00. The van der Waals surface area contributed by atoms with E-state index >= 15 is 0 Å². The van der Waals surface area contributed by atoms with Crippen LogP contribution in [0, 0.1) is 6.92 Å². The summed E-state index contributed by atoms with van der Waals surface area (Å²) in [5, 5.41) is 8.06. The Balaban J connectivity index is 1.60. The predicted molar refractivity (Wildman–Crippen MR) is 72.4 cm³/mol. The summed E-state index contributed by atoms with van der Waals surface area (Å²) in [7, 11) is 0. The minimum atomic E-state index is 0.743. The van der Waals surface area contributed by atoms with E-state index in [4.69, 9.17) is 0 Å². The van der Waals surface area contributed by atoms with E-state index in [-0.39, 0.29) is 0 Å². The molecule has 1 saturated carbocycles. The molecular formula is C15H19N3. The highest BCUT2D eigenvalue weighted by Gasteiger charge is 2.20. The van der Waals surface area contributed by atoms with Crippen LogP contribution in [0.25, 0.3) is 0 Å². The van der Waals surface area contributed by atoms with Gasteiger partial charge in [-0.05, 0) is 31.4 Å². The van der Waals surface area contributed by atoms with Gasteiger partial charge in [0.2, 0.25) is 0 Å². The Bertz CT molecular complexity index is 509. The highest BCUT2D eigenvalue weighted by Crippen LogP contribution is 2.19. The number of aryl methyl sites for hydroxylation is 1. The molecule has 3 heteroatoms. The molecule has 0 bridgehead atoms. The molecule has 1 N–H and O–H groups in total. The second-order valence-electron chi connectivity index (χ2n) is 5.15. The molecule has 0 unspecified atom stereocenters. The summed E-state index contributed by atoms with van der Waals surface area (Å²) in [4.78, 5) is 0. The molecule has 18 heavy (non-hydrogen) atoms. The molecule has 1 aromatic carbocycles. The van der Waals surface area contributed by atoms with Gasteiger partial charge in [-0.2, -0.15) is 5.10 Å². The lowest BCUT2D eigenvalue weighted by Gasteiger charge is -2.03. The van der Waals surface area contributed by atoms with Gasteiger partial charge in [0, 0.05) is 18.8 Å². The molecule has 0 saturated heterocycles. The van der Waals surface area contributed by atoms with E-state index in [1.165, 1.54) is 24.0 Å². The summed E-state index contributed by atoms with van der Waals surface area (Å²) in [6.07, 6.45) is 4.71. The molecule has 94 valence electrons. The molecule has 1 fully saturated rings. The zero-order valence-electron chi connectivity index (χ0n) is 10.8. The van der Waals surface area contributed by atoms with Crippen LogP contribution in [0.1, 0.15) is 29.7 Å². The zero-order chi connectivity index (χ0) is 12.4. The fraction of sp³-hybridized carbons (Fsp3) is 0.400. The van der Waals surface area contributed by atoms with Gasteiger partial charge in [-0.3, -0.25) is 4.68 Å². The van der Waals surface area contributed by atoms with Gasteiger partial charge in [-0.1, -0.05) is 29.8 Å². The monoisotopic (exact) mass is 241 g/mol. The summed E-state index contributed by atoms with van der Waals surface area (Å²) < 4.78 is 2.01. The fourth-order valence-corrected chi connectivity index (χ4v) is 2.00. The molecule has 2 aromatic rings. The Morgan fingerprint density at radius 3 is 2.72 bits per heavy atom. The van der Waals surface area contributed by atoms with Crippen LogP contribution in [0.2, 0.25) is 0 Å². The lowest BCUT2D eigenvalue weighted by Crippen LogP contribution is -2.16. The standard InChI is InChI=1S/C15H19N3/c1-12-2-4-13(5-3-12)11-18-9-8-15(17-18)10-16-14-6-7-14/h2-5,8-9,14,16H,6-7,10-11H2,1H3.